The highest BCUT2D eigenvalue weighted by atomic mass is 16.6. The Hall–Kier alpha value is -2.15. The van der Waals surface area contributed by atoms with Crippen LogP contribution in [0.3, 0.4) is 0 Å². The van der Waals surface area contributed by atoms with Gasteiger partial charge in [0.1, 0.15) is 11.7 Å². The average molecular weight is 363 g/mol. The number of ether oxygens (including phenoxy) is 2. The lowest BCUT2D eigenvalue weighted by atomic mass is 10.2. The molecule has 0 saturated carbocycles. The van der Waals surface area contributed by atoms with Gasteiger partial charge in [-0.3, -0.25) is 9.78 Å². The molecule has 26 heavy (non-hydrogen) atoms. The number of carbonyl (C=O) groups excluding carboxylic acids is 2. The molecule has 0 bridgehead atoms. The first-order valence-electron chi connectivity index (χ1n) is 9.04. The number of hydrogen-bond acceptors (Lipinski definition) is 5. The zero-order valence-electron chi connectivity index (χ0n) is 16.0. The Morgan fingerprint density at radius 2 is 2.19 bits per heavy atom. The van der Waals surface area contributed by atoms with E-state index in [-0.39, 0.29) is 11.9 Å². The monoisotopic (exact) mass is 363 g/mol. The number of pyridine rings is 1. The minimum atomic E-state index is -0.565. The van der Waals surface area contributed by atoms with Crippen molar-refractivity contribution < 1.29 is 19.1 Å². The summed E-state index contributed by atoms with van der Waals surface area (Å²) in [5, 5.41) is 2.78. The van der Waals surface area contributed by atoms with Crippen molar-refractivity contribution in [1.29, 1.82) is 0 Å². The Balaban J connectivity index is 2.00. The highest BCUT2D eigenvalue weighted by Gasteiger charge is 2.30. The summed E-state index contributed by atoms with van der Waals surface area (Å²) in [5.41, 5.74) is 0.230. The SMILES string of the molecule is C[C@H](CN(Cc1ccccn1)C(=O)[C@H]1CCCO1)NC(=O)OC(C)(C)C. The van der Waals surface area contributed by atoms with Crippen molar-refractivity contribution in [3.8, 4) is 0 Å². The summed E-state index contributed by atoms with van der Waals surface area (Å²) in [5.74, 6) is -0.0639. The molecular weight excluding hydrogens is 334 g/mol. The molecular formula is C19H29N3O4. The number of rotatable bonds is 6. The van der Waals surface area contributed by atoms with Crippen LogP contribution in [-0.2, 0) is 20.8 Å². The van der Waals surface area contributed by atoms with Crippen molar-refractivity contribution in [1.82, 2.24) is 15.2 Å². The molecule has 0 radical (unpaired) electrons. The first kappa shape index (κ1) is 20.2. The number of nitrogens with zero attached hydrogens (tertiary/aromatic N) is 2. The van der Waals surface area contributed by atoms with Gasteiger partial charge in [-0.25, -0.2) is 4.79 Å². The van der Waals surface area contributed by atoms with Crippen LogP contribution in [0.4, 0.5) is 4.79 Å². The second kappa shape index (κ2) is 8.98. The van der Waals surface area contributed by atoms with Crippen LogP contribution in [0.25, 0.3) is 0 Å². The maximum absolute atomic E-state index is 12.8. The largest absolute Gasteiger partial charge is 0.444 e. The van der Waals surface area contributed by atoms with E-state index in [1.54, 1.807) is 11.1 Å². The van der Waals surface area contributed by atoms with E-state index in [0.717, 1.165) is 18.5 Å². The van der Waals surface area contributed by atoms with Crippen molar-refractivity contribution in [2.45, 2.75) is 64.8 Å². The highest BCUT2D eigenvalue weighted by molar-refractivity contribution is 5.81. The average Bonchev–Trinajstić information content (AvgIpc) is 3.07. The third-order valence-corrected chi connectivity index (χ3v) is 3.85. The summed E-state index contributed by atoms with van der Waals surface area (Å²) >= 11 is 0. The van der Waals surface area contributed by atoms with Crippen LogP contribution in [-0.4, -0.2) is 52.8 Å². The van der Waals surface area contributed by atoms with Crippen LogP contribution in [0.15, 0.2) is 24.4 Å². The molecule has 0 aliphatic carbocycles. The fourth-order valence-electron chi connectivity index (χ4n) is 2.78. The predicted octanol–water partition coefficient (Wildman–Crippen LogP) is 2.50. The number of aromatic nitrogens is 1. The summed E-state index contributed by atoms with van der Waals surface area (Å²) in [4.78, 5) is 30.8. The Labute approximate surface area is 155 Å². The van der Waals surface area contributed by atoms with Gasteiger partial charge >= 0.3 is 6.09 Å². The molecule has 0 spiro atoms. The third-order valence-electron chi connectivity index (χ3n) is 3.85. The zero-order valence-corrected chi connectivity index (χ0v) is 16.0. The maximum Gasteiger partial charge on any atom is 0.407 e. The van der Waals surface area contributed by atoms with Gasteiger partial charge in [-0.2, -0.15) is 0 Å². The van der Waals surface area contributed by atoms with Crippen molar-refractivity contribution in [2.75, 3.05) is 13.2 Å². The molecule has 1 aliphatic heterocycles. The van der Waals surface area contributed by atoms with E-state index in [1.807, 2.05) is 45.9 Å². The lowest BCUT2D eigenvalue weighted by Gasteiger charge is -2.29. The van der Waals surface area contributed by atoms with Gasteiger partial charge in [0.25, 0.3) is 5.91 Å². The van der Waals surface area contributed by atoms with Crippen LogP contribution in [0.5, 0.6) is 0 Å². The van der Waals surface area contributed by atoms with Crippen LogP contribution in [0, 0.1) is 0 Å². The van der Waals surface area contributed by atoms with Gasteiger partial charge in [-0.1, -0.05) is 6.07 Å². The maximum atomic E-state index is 12.8. The smallest absolute Gasteiger partial charge is 0.407 e. The summed E-state index contributed by atoms with van der Waals surface area (Å²) in [6.45, 7) is 8.62. The molecule has 1 aliphatic rings. The summed E-state index contributed by atoms with van der Waals surface area (Å²) in [6, 6.07) is 5.34. The second-order valence-electron chi connectivity index (χ2n) is 7.59. The molecule has 2 heterocycles. The molecule has 144 valence electrons. The van der Waals surface area contributed by atoms with E-state index in [4.69, 9.17) is 9.47 Å². The highest BCUT2D eigenvalue weighted by Crippen LogP contribution is 2.16. The molecule has 0 aromatic carbocycles. The first-order valence-corrected chi connectivity index (χ1v) is 9.04. The lowest BCUT2D eigenvalue weighted by molar-refractivity contribution is -0.142. The number of alkyl carbamates (subject to hydrolysis) is 1. The molecule has 7 heteroatoms. The molecule has 1 aromatic heterocycles. The molecule has 7 nitrogen and oxygen atoms in total. The van der Waals surface area contributed by atoms with Crippen molar-refractivity contribution in [3.63, 3.8) is 0 Å². The number of carbonyl (C=O) groups is 2. The molecule has 2 rings (SSSR count). The fourth-order valence-corrected chi connectivity index (χ4v) is 2.78. The van der Waals surface area contributed by atoms with E-state index < -0.39 is 17.8 Å². The van der Waals surface area contributed by atoms with Gasteiger partial charge in [0.2, 0.25) is 0 Å². The molecule has 1 fully saturated rings. The molecule has 0 unspecified atom stereocenters. The fraction of sp³-hybridized carbons (Fsp3) is 0.632. The first-order chi connectivity index (χ1) is 12.2. The van der Waals surface area contributed by atoms with Crippen LogP contribution < -0.4 is 5.32 Å². The molecule has 1 N–H and O–H groups in total. The zero-order chi connectivity index (χ0) is 19.2. The molecule has 2 amide bonds. The van der Waals surface area contributed by atoms with Gasteiger partial charge in [0.15, 0.2) is 0 Å². The van der Waals surface area contributed by atoms with Crippen LogP contribution >= 0.6 is 0 Å². The summed E-state index contributed by atoms with van der Waals surface area (Å²) in [6.07, 6.45) is 2.41. The quantitative estimate of drug-likeness (QED) is 0.840. The summed E-state index contributed by atoms with van der Waals surface area (Å²) < 4.78 is 10.8. The Bertz CT molecular complexity index is 595. The minimum Gasteiger partial charge on any atom is -0.444 e. The topological polar surface area (TPSA) is 80.8 Å². The van der Waals surface area contributed by atoms with E-state index >= 15 is 0 Å². The third kappa shape index (κ3) is 6.63. The van der Waals surface area contributed by atoms with Crippen LogP contribution in [0.1, 0.15) is 46.2 Å². The van der Waals surface area contributed by atoms with Gasteiger partial charge in [-0.15, -0.1) is 0 Å². The van der Waals surface area contributed by atoms with Gasteiger partial charge in [-0.05, 0) is 52.7 Å². The second-order valence-corrected chi connectivity index (χ2v) is 7.59. The van der Waals surface area contributed by atoms with Crippen molar-refractivity contribution >= 4 is 12.0 Å². The van der Waals surface area contributed by atoms with E-state index in [2.05, 4.69) is 10.3 Å². The molecule has 1 saturated heterocycles. The van der Waals surface area contributed by atoms with Crippen molar-refractivity contribution in [3.05, 3.63) is 30.1 Å². The Morgan fingerprint density at radius 3 is 2.77 bits per heavy atom. The normalized spacial score (nSPS) is 18.2. The van der Waals surface area contributed by atoms with Gasteiger partial charge in [0.05, 0.1) is 12.2 Å². The number of amides is 2. The number of nitrogens with one attached hydrogen (secondary N) is 1. The predicted molar refractivity (Wildman–Crippen MR) is 97.5 cm³/mol. The lowest BCUT2D eigenvalue weighted by Crippen LogP contribution is -2.48. The Kier molecular flexibility index (Phi) is 6.97. The van der Waals surface area contributed by atoms with E-state index in [9.17, 15) is 9.59 Å². The van der Waals surface area contributed by atoms with Gasteiger partial charge in [0, 0.05) is 25.4 Å². The Morgan fingerprint density at radius 1 is 1.42 bits per heavy atom. The van der Waals surface area contributed by atoms with Crippen molar-refractivity contribution in [2.24, 2.45) is 0 Å². The van der Waals surface area contributed by atoms with E-state index in [1.165, 1.54) is 0 Å². The molecule has 2 atom stereocenters. The summed E-state index contributed by atoms with van der Waals surface area (Å²) in [7, 11) is 0. The van der Waals surface area contributed by atoms with Gasteiger partial charge < -0.3 is 19.7 Å². The van der Waals surface area contributed by atoms with E-state index in [0.29, 0.717) is 19.7 Å². The minimum absolute atomic E-state index is 0.0639. The van der Waals surface area contributed by atoms with Crippen LogP contribution in [0.2, 0.25) is 0 Å². The molecule has 1 aromatic rings. The number of hydrogen-bond donors (Lipinski definition) is 1. The standard InChI is InChI=1S/C19H29N3O4/c1-14(21-18(24)26-19(2,3)4)12-22(13-15-8-5-6-10-20-15)17(23)16-9-7-11-25-16/h5-6,8,10,14,16H,7,9,11-13H2,1-4H3,(H,21,24)/t14-,16-/m1/s1.